The van der Waals surface area contributed by atoms with E-state index in [1.807, 2.05) is 0 Å². The summed E-state index contributed by atoms with van der Waals surface area (Å²) >= 11 is 0. The zero-order valence-corrected chi connectivity index (χ0v) is 8.30. The molecule has 0 spiro atoms. The molecule has 1 aromatic heterocycles. The Kier molecular flexibility index (Phi) is 1.78. The quantitative estimate of drug-likeness (QED) is 0.804. The fourth-order valence-corrected chi connectivity index (χ4v) is 2.20. The lowest BCUT2D eigenvalue weighted by atomic mass is 9.78. The Morgan fingerprint density at radius 1 is 1.40 bits per heavy atom. The van der Waals surface area contributed by atoms with E-state index in [1.165, 1.54) is 17.3 Å². The van der Waals surface area contributed by atoms with Crippen molar-refractivity contribution in [3.8, 4) is 5.75 Å². The molecule has 1 atom stereocenters. The van der Waals surface area contributed by atoms with Crippen molar-refractivity contribution in [3.63, 3.8) is 0 Å². The molecule has 1 unspecified atom stereocenters. The van der Waals surface area contributed by atoms with Gasteiger partial charge >= 0.3 is 0 Å². The molecular weight excluding hydrogens is 188 g/mol. The largest absolute Gasteiger partial charge is 0.505 e. The van der Waals surface area contributed by atoms with Gasteiger partial charge in [-0.05, 0) is 17.5 Å². The van der Waals surface area contributed by atoms with Crippen molar-refractivity contribution in [2.45, 2.75) is 18.9 Å². The molecule has 0 radical (unpaired) electrons. The van der Waals surface area contributed by atoms with E-state index in [2.05, 4.69) is 29.4 Å². The lowest BCUT2D eigenvalue weighted by Gasteiger charge is -2.29. The maximum absolute atomic E-state index is 9.17. The Morgan fingerprint density at radius 2 is 2.27 bits per heavy atom. The zero-order chi connectivity index (χ0) is 10.3. The van der Waals surface area contributed by atoms with Crippen LogP contribution in [0.2, 0.25) is 0 Å². The maximum Gasteiger partial charge on any atom is 0.153 e. The molecule has 2 aromatic rings. The summed E-state index contributed by atoms with van der Waals surface area (Å²) in [5.41, 5.74) is 2.87. The van der Waals surface area contributed by atoms with Crippen molar-refractivity contribution in [2.24, 2.45) is 0 Å². The molecule has 0 aliphatic heterocycles. The third-order valence-corrected chi connectivity index (χ3v) is 2.99. The van der Waals surface area contributed by atoms with Gasteiger partial charge in [0.25, 0.3) is 0 Å². The monoisotopic (exact) mass is 200 g/mol. The number of aromatic hydroxyl groups is 1. The SMILES string of the molecule is Oc1cnn(CC2Cc3ccccc32)c1. The van der Waals surface area contributed by atoms with Crippen LogP contribution in [-0.4, -0.2) is 14.9 Å². The minimum absolute atomic E-state index is 0.239. The van der Waals surface area contributed by atoms with Gasteiger partial charge in [0, 0.05) is 12.5 Å². The van der Waals surface area contributed by atoms with Gasteiger partial charge in [-0.3, -0.25) is 4.68 Å². The molecule has 0 saturated carbocycles. The van der Waals surface area contributed by atoms with Crippen molar-refractivity contribution in [3.05, 3.63) is 47.8 Å². The first-order chi connectivity index (χ1) is 7.33. The molecule has 1 aromatic carbocycles. The molecule has 15 heavy (non-hydrogen) atoms. The molecule has 3 heteroatoms. The molecule has 1 aliphatic carbocycles. The van der Waals surface area contributed by atoms with Crippen LogP contribution in [0.25, 0.3) is 0 Å². The van der Waals surface area contributed by atoms with Crippen LogP contribution in [0, 0.1) is 0 Å². The van der Waals surface area contributed by atoms with E-state index in [0.717, 1.165) is 13.0 Å². The van der Waals surface area contributed by atoms with E-state index >= 15 is 0 Å². The van der Waals surface area contributed by atoms with Gasteiger partial charge < -0.3 is 5.11 Å². The van der Waals surface area contributed by atoms with Gasteiger partial charge in [-0.25, -0.2) is 0 Å². The van der Waals surface area contributed by atoms with E-state index in [1.54, 1.807) is 10.9 Å². The molecule has 1 aliphatic rings. The smallest absolute Gasteiger partial charge is 0.153 e. The van der Waals surface area contributed by atoms with Crippen molar-refractivity contribution < 1.29 is 5.11 Å². The Morgan fingerprint density at radius 3 is 3.00 bits per heavy atom. The summed E-state index contributed by atoms with van der Waals surface area (Å²) in [4.78, 5) is 0. The van der Waals surface area contributed by atoms with E-state index in [4.69, 9.17) is 5.11 Å². The molecule has 3 rings (SSSR count). The Labute approximate surface area is 88.0 Å². The first-order valence-electron chi connectivity index (χ1n) is 5.12. The van der Waals surface area contributed by atoms with E-state index < -0.39 is 0 Å². The van der Waals surface area contributed by atoms with Crippen molar-refractivity contribution in [1.82, 2.24) is 9.78 Å². The number of rotatable bonds is 2. The maximum atomic E-state index is 9.17. The first-order valence-corrected chi connectivity index (χ1v) is 5.12. The average molecular weight is 200 g/mol. The van der Waals surface area contributed by atoms with Crippen LogP contribution in [0.4, 0.5) is 0 Å². The van der Waals surface area contributed by atoms with Crippen LogP contribution >= 0.6 is 0 Å². The van der Waals surface area contributed by atoms with Crippen LogP contribution in [0.5, 0.6) is 5.75 Å². The summed E-state index contributed by atoms with van der Waals surface area (Å²) in [6.07, 6.45) is 4.27. The van der Waals surface area contributed by atoms with E-state index in [0.29, 0.717) is 5.92 Å². The van der Waals surface area contributed by atoms with Crippen molar-refractivity contribution >= 4 is 0 Å². The Balaban J connectivity index is 1.78. The summed E-state index contributed by atoms with van der Waals surface area (Å²) < 4.78 is 1.80. The molecule has 0 saturated heterocycles. The van der Waals surface area contributed by atoms with Gasteiger partial charge in [0.1, 0.15) is 0 Å². The highest BCUT2D eigenvalue weighted by atomic mass is 16.3. The minimum Gasteiger partial charge on any atom is -0.505 e. The second kappa shape index (κ2) is 3.12. The Bertz CT molecular complexity index is 490. The van der Waals surface area contributed by atoms with Crippen LogP contribution in [0.15, 0.2) is 36.7 Å². The highest BCUT2D eigenvalue weighted by molar-refractivity contribution is 5.39. The number of aromatic nitrogens is 2. The third-order valence-electron chi connectivity index (χ3n) is 2.99. The second-order valence-electron chi connectivity index (χ2n) is 4.02. The highest BCUT2D eigenvalue weighted by Gasteiger charge is 2.25. The molecule has 0 fully saturated rings. The molecular formula is C12H12N2O. The van der Waals surface area contributed by atoms with Gasteiger partial charge in [-0.2, -0.15) is 5.10 Å². The van der Waals surface area contributed by atoms with Crippen LogP contribution in [-0.2, 0) is 13.0 Å². The minimum atomic E-state index is 0.239. The van der Waals surface area contributed by atoms with Crippen molar-refractivity contribution in [1.29, 1.82) is 0 Å². The molecule has 76 valence electrons. The number of nitrogens with zero attached hydrogens (tertiary/aromatic N) is 2. The summed E-state index contributed by atoms with van der Waals surface area (Å²) in [5.74, 6) is 0.795. The first kappa shape index (κ1) is 8.53. The van der Waals surface area contributed by atoms with Crippen LogP contribution in [0.3, 0.4) is 0 Å². The van der Waals surface area contributed by atoms with Crippen LogP contribution < -0.4 is 0 Å². The topological polar surface area (TPSA) is 38.1 Å². The molecule has 1 N–H and O–H groups in total. The number of hydrogen-bond donors (Lipinski definition) is 1. The zero-order valence-electron chi connectivity index (χ0n) is 8.30. The van der Waals surface area contributed by atoms with E-state index in [9.17, 15) is 0 Å². The summed E-state index contributed by atoms with van der Waals surface area (Å²) in [6.45, 7) is 0.859. The lowest BCUT2D eigenvalue weighted by molar-refractivity contribution is 0.460. The lowest BCUT2D eigenvalue weighted by Crippen LogP contribution is -2.21. The third kappa shape index (κ3) is 1.40. The highest BCUT2D eigenvalue weighted by Crippen LogP contribution is 2.35. The van der Waals surface area contributed by atoms with Gasteiger partial charge in [0.15, 0.2) is 5.75 Å². The Hall–Kier alpha value is -1.77. The van der Waals surface area contributed by atoms with E-state index in [-0.39, 0.29) is 5.75 Å². The number of fused-ring (bicyclic) bond motifs is 1. The second-order valence-corrected chi connectivity index (χ2v) is 4.02. The van der Waals surface area contributed by atoms with Crippen molar-refractivity contribution in [2.75, 3.05) is 0 Å². The number of benzene rings is 1. The van der Waals surface area contributed by atoms with Gasteiger partial charge in [-0.1, -0.05) is 24.3 Å². The molecule has 3 nitrogen and oxygen atoms in total. The molecule has 1 heterocycles. The number of hydrogen-bond acceptors (Lipinski definition) is 2. The van der Waals surface area contributed by atoms with Gasteiger partial charge in [-0.15, -0.1) is 0 Å². The standard InChI is InChI=1S/C12H12N2O/c15-11-6-13-14(8-11)7-10-5-9-3-1-2-4-12(9)10/h1-4,6,8,10,15H,5,7H2. The fraction of sp³-hybridized carbons (Fsp3) is 0.250. The summed E-state index contributed by atoms with van der Waals surface area (Å²) in [6, 6.07) is 8.50. The van der Waals surface area contributed by atoms with Crippen LogP contribution in [0.1, 0.15) is 17.0 Å². The predicted octanol–water partition coefficient (Wildman–Crippen LogP) is 1.93. The van der Waals surface area contributed by atoms with Gasteiger partial charge in [0.05, 0.1) is 12.4 Å². The normalized spacial score (nSPS) is 18.3. The molecule has 0 amide bonds. The predicted molar refractivity (Wildman–Crippen MR) is 56.8 cm³/mol. The average Bonchev–Trinajstić information content (AvgIpc) is 2.61. The fourth-order valence-electron chi connectivity index (χ4n) is 2.20. The molecule has 0 bridgehead atoms. The summed E-state index contributed by atoms with van der Waals surface area (Å²) in [5, 5.41) is 13.2. The van der Waals surface area contributed by atoms with Gasteiger partial charge in [0.2, 0.25) is 0 Å². The summed E-state index contributed by atoms with van der Waals surface area (Å²) in [7, 11) is 0.